The fourth-order valence-electron chi connectivity index (χ4n) is 2.11. The minimum Gasteiger partial charge on any atom is -0.495 e. The molecule has 1 aromatic carbocycles. The van der Waals surface area contributed by atoms with E-state index in [0.29, 0.717) is 16.5 Å². The highest BCUT2D eigenvalue weighted by Gasteiger charge is 2.17. The second-order valence-corrected chi connectivity index (χ2v) is 6.84. The average Bonchev–Trinajstić information content (AvgIpc) is 2.61. The van der Waals surface area contributed by atoms with Crippen molar-refractivity contribution in [2.24, 2.45) is 11.7 Å². The van der Waals surface area contributed by atoms with E-state index in [1.807, 2.05) is 20.8 Å². The standard InChI is InChI=1S/C18H27ClN4O4/c1-10(2)17(20)18(26)22-9-16(25)21-6-5-15(24)23-13-7-11(3)12(19)8-14(13)27-4/h7-8,10,17H,5-6,9,20H2,1-4H3,(H,21,25)(H,22,26)(H,23,24)/t17-/m0/s1. The molecule has 9 heteroatoms. The molecule has 0 aliphatic carbocycles. The minimum absolute atomic E-state index is 0.0229. The van der Waals surface area contributed by atoms with Crippen LogP contribution in [0.5, 0.6) is 5.75 Å². The first-order chi connectivity index (χ1) is 12.6. The number of amides is 3. The SMILES string of the molecule is COc1cc(Cl)c(C)cc1NC(=O)CCNC(=O)CNC(=O)[C@@H](N)C(C)C. The van der Waals surface area contributed by atoms with Crippen molar-refractivity contribution in [1.29, 1.82) is 0 Å². The maximum absolute atomic E-state index is 12.1. The third kappa shape index (κ3) is 7.44. The topological polar surface area (TPSA) is 123 Å². The summed E-state index contributed by atoms with van der Waals surface area (Å²) in [4.78, 5) is 35.5. The van der Waals surface area contributed by atoms with E-state index in [1.165, 1.54) is 7.11 Å². The van der Waals surface area contributed by atoms with Crippen LogP contribution in [-0.4, -0.2) is 44.0 Å². The van der Waals surface area contributed by atoms with E-state index in [0.717, 1.165) is 5.56 Å². The van der Waals surface area contributed by atoms with Gasteiger partial charge in [0.15, 0.2) is 0 Å². The summed E-state index contributed by atoms with van der Waals surface area (Å²) >= 11 is 6.03. The van der Waals surface area contributed by atoms with Gasteiger partial charge in [0.1, 0.15) is 5.75 Å². The molecular weight excluding hydrogens is 372 g/mol. The van der Waals surface area contributed by atoms with Gasteiger partial charge in [-0.3, -0.25) is 14.4 Å². The number of nitrogens with one attached hydrogen (secondary N) is 3. The van der Waals surface area contributed by atoms with Crippen LogP contribution in [0.1, 0.15) is 25.8 Å². The lowest BCUT2D eigenvalue weighted by molar-refractivity contribution is -0.127. The zero-order valence-corrected chi connectivity index (χ0v) is 16.8. The van der Waals surface area contributed by atoms with Crippen molar-refractivity contribution >= 4 is 35.0 Å². The van der Waals surface area contributed by atoms with Crippen LogP contribution in [0, 0.1) is 12.8 Å². The van der Waals surface area contributed by atoms with Crippen LogP contribution in [-0.2, 0) is 14.4 Å². The number of anilines is 1. The Bertz CT molecular complexity index is 694. The van der Waals surface area contributed by atoms with Gasteiger partial charge < -0.3 is 26.4 Å². The quantitative estimate of drug-likeness (QED) is 0.497. The molecule has 8 nitrogen and oxygen atoms in total. The number of aryl methyl sites for hydroxylation is 1. The van der Waals surface area contributed by atoms with Crippen molar-refractivity contribution in [2.45, 2.75) is 33.2 Å². The molecule has 0 radical (unpaired) electrons. The molecule has 0 aliphatic heterocycles. The number of halogens is 1. The molecule has 0 aliphatic rings. The Morgan fingerprint density at radius 3 is 2.44 bits per heavy atom. The Morgan fingerprint density at radius 1 is 1.19 bits per heavy atom. The summed E-state index contributed by atoms with van der Waals surface area (Å²) in [6.45, 7) is 5.40. The molecule has 0 spiro atoms. The minimum atomic E-state index is -0.665. The van der Waals surface area contributed by atoms with Gasteiger partial charge in [-0.1, -0.05) is 25.4 Å². The number of nitrogens with two attached hydrogens (primary N) is 1. The number of rotatable bonds is 9. The van der Waals surface area contributed by atoms with Crippen LogP contribution in [0.15, 0.2) is 12.1 Å². The first kappa shape index (κ1) is 22.7. The molecule has 0 aromatic heterocycles. The maximum Gasteiger partial charge on any atom is 0.239 e. The number of ether oxygens (including phenoxy) is 1. The lowest BCUT2D eigenvalue weighted by Gasteiger charge is -2.15. The highest BCUT2D eigenvalue weighted by molar-refractivity contribution is 6.31. The van der Waals surface area contributed by atoms with Gasteiger partial charge >= 0.3 is 0 Å². The van der Waals surface area contributed by atoms with Gasteiger partial charge in [-0.2, -0.15) is 0 Å². The van der Waals surface area contributed by atoms with Crippen molar-refractivity contribution in [2.75, 3.05) is 25.5 Å². The largest absolute Gasteiger partial charge is 0.495 e. The van der Waals surface area contributed by atoms with Crippen LogP contribution in [0.25, 0.3) is 0 Å². The second-order valence-electron chi connectivity index (χ2n) is 6.44. The first-order valence-corrected chi connectivity index (χ1v) is 8.97. The summed E-state index contributed by atoms with van der Waals surface area (Å²) < 4.78 is 5.20. The van der Waals surface area contributed by atoms with Crippen molar-refractivity contribution in [3.63, 3.8) is 0 Å². The summed E-state index contributed by atoms with van der Waals surface area (Å²) in [7, 11) is 1.48. The van der Waals surface area contributed by atoms with Crippen molar-refractivity contribution in [3.8, 4) is 5.75 Å². The van der Waals surface area contributed by atoms with E-state index < -0.39 is 11.9 Å². The summed E-state index contributed by atoms with van der Waals surface area (Å²) in [6, 6.07) is 2.67. The predicted molar refractivity (Wildman–Crippen MR) is 105 cm³/mol. The van der Waals surface area contributed by atoms with Gasteiger partial charge in [0.25, 0.3) is 0 Å². The summed E-state index contributed by atoms with van der Waals surface area (Å²) in [6.07, 6.45) is 0.0655. The third-order valence-corrected chi connectivity index (χ3v) is 4.28. The molecule has 5 N–H and O–H groups in total. The summed E-state index contributed by atoms with van der Waals surface area (Å²) in [5.74, 6) is -0.645. The van der Waals surface area contributed by atoms with Crippen LogP contribution in [0.3, 0.4) is 0 Å². The van der Waals surface area contributed by atoms with Crippen molar-refractivity contribution in [1.82, 2.24) is 10.6 Å². The number of benzene rings is 1. The average molecular weight is 399 g/mol. The van der Waals surface area contributed by atoms with E-state index in [2.05, 4.69) is 16.0 Å². The van der Waals surface area contributed by atoms with Crippen LogP contribution in [0.2, 0.25) is 5.02 Å². The molecule has 0 fully saturated rings. The lowest BCUT2D eigenvalue weighted by Crippen LogP contribution is -2.47. The zero-order chi connectivity index (χ0) is 20.6. The van der Waals surface area contributed by atoms with Gasteiger partial charge in [0.2, 0.25) is 17.7 Å². The molecular formula is C18H27ClN4O4. The Morgan fingerprint density at radius 2 is 1.85 bits per heavy atom. The van der Waals surface area contributed by atoms with E-state index in [4.69, 9.17) is 22.1 Å². The van der Waals surface area contributed by atoms with Gasteiger partial charge in [0, 0.05) is 24.1 Å². The second kappa shape index (κ2) is 10.7. The molecule has 150 valence electrons. The number of carbonyl (C=O) groups is 3. The van der Waals surface area contributed by atoms with Crippen LogP contribution >= 0.6 is 11.6 Å². The number of hydrogen-bond acceptors (Lipinski definition) is 5. The highest BCUT2D eigenvalue weighted by atomic mass is 35.5. The molecule has 1 aromatic rings. The fraction of sp³-hybridized carbons (Fsp3) is 0.500. The molecule has 1 atom stereocenters. The fourth-order valence-corrected chi connectivity index (χ4v) is 2.26. The number of methoxy groups -OCH3 is 1. The monoisotopic (exact) mass is 398 g/mol. The molecule has 27 heavy (non-hydrogen) atoms. The number of hydrogen-bond donors (Lipinski definition) is 4. The first-order valence-electron chi connectivity index (χ1n) is 8.59. The Hall–Kier alpha value is -2.32. The van der Waals surface area contributed by atoms with Crippen molar-refractivity contribution in [3.05, 3.63) is 22.7 Å². The predicted octanol–water partition coefficient (Wildman–Crippen LogP) is 1.20. The molecule has 0 saturated carbocycles. The van der Waals surface area contributed by atoms with Crippen LogP contribution in [0.4, 0.5) is 5.69 Å². The van der Waals surface area contributed by atoms with E-state index in [9.17, 15) is 14.4 Å². The Labute approximate surface area is 164 Å². The molecule has 1 rings (SSSR count). The van der Waals surface area contributed by atoms with Gasteiger partial charge in [-0.05, 0) is 24.5 Å². The Balaban J connectivity index is 2.40. The van der Waals surface area contributed by atoms with E-state index >= 15 is 0 Å². The van der Waals surface area contributed by atoms with Gasteiger partial charge in [0.05, 0.1) is 25.4 Å². The molecule has 0 unspecified atom stereocenters. The zero-order valence-electron chi connectivity index (χ0n) is 16.0. The highest BCUT2D eigenvalue weighted by Crippen LogP contribution is 2.30. The van der Waals surface area contributed by atoms with E-state index in [1.54, 1.807) is 12.1 Å². The molecule has 0 heterocycles. The molecule has 0 saturated heterocycles. The number of carbonyl (C=O) groups excluding carboxylic acids is 3. The summed E-state index contributed by atoms with van der Waals surface area (Å²) in [5.41, 5.74) is 7.00. The van der Waals surface area contributed by atoms with Crippen molar-refractivity contribution < 1.29 is 19.1 Å². The smallest absolute Gasteiger partial charge is 0.239 e. The lowest BCUT2D eigenvalue weighted by atomic mass is 10.1. The van der Waals surface area contributed by atoms with Gasteiger partial charge in [-0.25, -0.2) is 0 Å². The third-order valence-electron chi connectivity index (χ3n) is 3.87. The maximum atomic E-state index is 12.1. The Kier molecular flexibility index (Phi) is 9.04. The molecule has 0 bridgehead atoms. The van der Waals surface area contributed by atoms with Crippen LogP contribution < -0.4 is 26.4 Å². The molecule has 3 amide bonds. The van der Waals surface area contributed by atoms with E-state index in [-0.39, 0.29) is 37.2 Å². The van der Waals surface area contributed by atoms with Gasteiger partial charge in [-0.15, -0.1) is 0 Å². The normalized spacial score (nSPS) is 11.7. The summed E-state index contributed by atoms with van der Waals surface area (Å²) in [5, 5.41) is 8.29.